The zero-order valence-corrected chi connectivity index (χ0v) is 6.94. The van der Waals surface area contributed by atoms with Crippen molar-refractivity contribution in [1.29, 1.82) is 5.41 Å². The summed E-state index contributed by atoms with van der Waals surface area (Å²) in [5.41, 5.74) is 1.67. The van der Waals surface area contributed by atoms with Crippen LogP contribution >= 0.6 is 0 Å². The Morgan fingerprint density at radius 3 is 2.30 bits per heavy atom. The van der Waals surface area contributed by atoms with Gasteiger partial charge in [0.2, 0.25) is 0 Å². The first-order valence-electron chi connectivity index (χ1n) is 3.44. The van der Waals surface area contributed by atoms with E-state index < -0.39 is 0 Å². The molecule has 10 heavy (non-hydrogen) atoms. The lowest BCUT2D eigenvalue weighted by Gasteiger charge is -2.00. The van der Waals surface area contributed by atoms with Gasteiger partial charge in [-0.25, -0.2) is 0 Å². The molecule has 0 aromatic heterocycles. The minimum absolute atomic E-state index is 0.375. The van der Waals surface area contributed by atoms with Crippen molar-refractivity contribution in [3.8, 4) is 0 Å². The van der Waals surface area contributed by atoms with Crippen LogP contribution in [-0.2, 0) is 0 Å². The van der Waals surface area contributed by atoms with Gasteiger partial charge in [-0.3, -0.25) is 0 Å². The van der Waals surface area contributed by atoms with E-state index in [4.69, 9.17) is 5.41 Å². The molecule has 1 atom stereocenters. The molecule has 0 bridgehead atoms. The second-order valence-electron chi connectivity index (χ2n) is 2.57. The van der Waals surface area contributed by atoms with Crippen LogP contribution in [0.15, 0.2) is 24.3 Å². The Kier molecular flexibility index (Phi) is 3.70. The molecule has 1 heteroatoms. The fourth-order valence-corrected chi connectivity index (χ4v) is 0.587. The Morgan fingerprint density at radius 1 is 1.50 bits per heavy atom. The first kappa shape index (κ1) is 9.15. The van der Waals surface area contributed by atoms with Crippen molar-refractivity contribution in [2.45, 2.75) is 20.8 Å². The molecule has 1 unspecified atom stereocenters. The Bertz CT molecular complexity index is 166. The second-order valence-corrected chi connectivity index (χ2v) is 2.57. The van der Waals surface area contributed by atoms with Crippen molar-refractivity contribution in [2.75, 3.05) is 0 Å². The maximum Gasteiger partial charge on any atom is 0.0309 e. The van der Waals surface area contributed by atoms with E-state index in [-0.39, 0.29) is 0 Å². The van der Waals surface area contributed by atoms with Gasteiger partial charge in [-0.15, -0.1) is 6.58 Å². The maximum absolute atomic E-state index is 7.27. The zero-order chi connectivity index (χ0) is 8.15. The third-order valence-corrected chi connectivity index (χ3v) is 1.48. The average Bonchev–Trinajstić information content (AvgIpc) is 1.87. The van der Waals surface area contributed by atoms with Crippen molar-refractivity contribution >= 4 is 5.71 Å². The summed E-state index contributed by atoms with van der Waals surface area (Å²) in [6.07, 6.45) is 3.90. The molecule has 56 valence electrons. The summed E-state index contributed by atoms with van der Waals surface area (Å²) in [6.45, 7) is 9.45. The summed E-state index contributed by atoms with van der Waals surface area (Å²) in [4.78, 5) is 0. The van der Waals surface area contributed by atoms with Gasteiger partial charge in [0.1, 0.15) is 0 Å². The van der Waals surface area contributed by atoms with E-state index in [9.17, 15) is 0 Å². The van der Waals surface area contributed by atoms with Gasteiger partial charge in [0.15, 0.2) is 0 Å². The molecule has 0 heterocycles. The Balaban J connectivity index is 4.15. The normalized spacial score (nSPS) is 14.5. The summed E-state index contributed by atoms with van der Waals surface area (Å²) >= 11 is 0. The predicted octanol–water partition coefficient (Wildman–Crippen LogP) is 2.79. The molecule has 0 fully saturated rings. The molecule has 0 aromatic rings. The molecule has 1 nitrogen and oxygen atoms in total. The second kappa shape index (κ2) is 4.04. The lowest BCUT2D eigenvalue weighted by molar-refractivity contribution is 0.935. The molecular formula is C9H15N. The number of hydrogen-bond acceptors (Lipinski definition) is 1. The van der Waals surface area contributed by atoms with E-state index in [1.807, 2.05) is 19.1 Å². The Labute approximate surface area is 63.0 Å². The van der Waals surface area contributed by atoms with Gasteiger partial charge < -0.3 is 5.41 Å². The van der Waals surface area contributed by atoms with Crippen LogP contribution in [0.25, 0.3) is 0 Å². The first-order chi connectivity index (χ1) is 4.57. The lowest BCUT2D eigenvalue weighted by atomic mass is 10.1. The molecule has 0 saturated carbocycles. The highest BCUT2D eigenvalue weighted by Crippen LogP contribution is 2.03. The van der Waals surface area contributed by atoms with Gasteiger partial charge >= 0.3 is 0 Å². The van der Waals surface area contributed by atoms with Crippen LogP contribution < -0.4 is 0 Å². The molecule has 0 aromatic carbocycles. The molecule has 0 rings (SSSR count). The maximum atomic E-state index is 7.27. The van der Waals surface area contributed by atoms with Crippen molar-refractivity contribution in [3.63, 3.8) is 0 Å². The van der Waals surface area contributed by atoms with Crippen molar-refractivity contribution in [2.24, 2.45) is 5.92 Å². The predicted molar refractivity (Wildman–Crippen MR) is 46.5 cm³/mol. The third kappa shape index (κ3) is 3.23. The smallest absolute Gasteiger partial charge is 0.0309 e. The number of hydrogen-bond donors (Lipinski definition) is 1. The largest absolute Gasteiger partial charge is 0.305 e. The van der Waals surface area contributed by atoms with E-state index in [2.05, 4.69) is 13.5 Å². The summed E-state index contributed by atoms with van der Waals surface area (Å²) in [5, 5.41) is 7.27. The average molecular weight is 137 g/mol. The van der Waals surface area contributed by atoms with E-state index in [1.54, 1.807) is 6.92 Å². The Hall–Kier alpha value is -0.850. The number of nitrogens with one attached hydrogen (secondary N) is 1. The zero-order valence-electron chi connectivity index (χ0n) is 6.94. The van der Waals surface area contributed by atoms with Crippen molar-refractivity contribution in [3.05, 3.63) is 24.3 Å². The van der Waals surface area contributed by atoms with Crippen LogP contribution in [0.4, 0.5) is 0 Å². The van der Waals surface area contributed by atoms with Crippen LogP contribution in [0.1, 0.15) is 20.8 Å². The number of allylic oxidation sites excluding steroid dienone is 3. The summed E-state index contributed by atoms with van der Waals surface area (Å²) in [6, 6.07) is 0. The molecule has 0 aliphatic carbocycles. The molecule has 0 radical (unpaired) electrons. The molecular weight excluding hydrogens is 122 g/mol. The summed E-state index contributed by atoms with van der Waals surface area (Å²) < 4.78 is 0. The van der Waals surface area contributed by atoms with Crippen molar-refractivity contribution in [1.82, 2.24) is 0 Å². The highest BCUT2D eigenvalue weighted by Gasteiger charge is 1.93. The first-order valence-corrected chi connectivity index (χ1v) is 3.44. The number of rotatable bonds is 3. The van der Waals surface area contributed by atoms with E-state index in [1.165, 1.54) is 0 Å². The van der Waals surface area contributed by atoms with Crippen LogP contribution in [0.2, 0.25) is 0 Å². The molecule has 0 spiro atoms. The monoisotopic (exact) mass is 137 g/mol. The molecule has 0 aliphatic rings. The van der Waals surface area contributed by atoms with E-state index in [0.29, 0.717) is 11.6 Å². The fraction of sp³-hybridized carbons (Fsp3) is 0.444. The summed E-state index contributed by atoms with van der Waals surface area (Å²) in [7, 11) is 0. The van der Waals surface area contributed by atoms with Crippen molar-refractivity contribution < 1.29 is 0 Å². The van der Waals surface area contributed by atoms with Gasteiger partial charge in [0, 0.05) is 5.71 Å². The molecule has 1 N–H and O–H groups in total. The molecule has 0 saturated heterocycles. The van der Waals surface area contributed by atoms with Gasteiger partial charge in [-0.1, -0.05) is 19.1 Å². The highest BCUT2D eigenvalue weighted by atomic mass is 14.4. The van der Waals surface area contributed by atoms with E-state index >= 15 is 0 Å². The minimum Gasteiger partial charge on any atom is -0.305 e. The van der Waals surface area contributed by atoms with Crippen LogP contribution in [0.5, 0.6) is 0 Å². The van der Waals surface area contributed by atoms with Gasteiger partial charge in [0.25, 0.3) is 0 Å². The van der Waals surface area contributed by atoms with E-state index in [0.717, 1.165) is 5.57 Å². The van der Waals surface area contributed by atoms with Crippen LogP contribution in [0.3, 0.4) is 0 Å². The minimum atomic E-state index is 0.375. The SMILES string of the molecule is C=CC(C)/C=C(/C)C(C)=N. The summed E-state index contributed by atoms with van der Waals surface area (Å²) in [5.74, 6) is 0.375. The lowest BCUT2D eigenvalue weighted by Crippen LogP contribution is -1.93. The Morgan fingerprint density at radius 2 is 2.00 bits per heavy atom. The van der Waals surface area contributed by atoms with Crippen LogP contribution in [0, 0.1) is 11.3 Å². The van der Waals surface area contributed by atoms with Gasteiger partial charge in [0.05, 0.1) is 0 Å². The topological polar surface area (TPSA) is 23.9 Å². The standard InChI is InChI=1S/C9H15N/c1-5-7(2)6-8(3)9(4)10/h5-7,10H,1H2,2-4H3/b8-6-,10-9?. The highest BCUT2D eigenvalue weighted by molar-refractivity contribution is 5.95. The van der Waals surface area contributed by atoms with Gasteiger partial charge in [-0.05, 0) is 25.3 Å². The quantitative estimate of drug-likeness (QED) is 0.457. The molecule has 0 aliphatic heterocycles. The van der Waals surface area contributed by atoms with Crippen LogP contribution in [-0.4, -0.2) is 5.71 Å². The van der Waals surface area contributed by atoms with Gasteiger partial charge in [-0.2, -0.15) is 0 Å². The third-order valence-electron chi connectivity index (χ3n) is 1.48. The fourth-order valence-electron chi connectivity index (χ4n) is 0.587. The molecule has 0 amide bonds.